The molecule has 0 radical (unpaired) electrons. The Balaban J connectivity index is 1.26. The highest BCUT2D eigenvalue weighted by Gasteiger charge is 2.58. The molecule has 6 heteroatoms. The summed E-state index contributed by atoms with van der Waals surface area (Å²) in [5.74, 6) is 0.0520. The standard InChI is InChI=1S/C37H49N3O3/c1-6-31(41)39-26-14-10-24-12-16-30-35(3,28(24)22-26)18-8-20-37(30,5)33(43)40-32(42)36(4)19-7-17-34(2)27-21-25(38)13-9-23(27)11-15-29(34)36/h9-10,13-14,21-22,29-30H,6-8,11-12,15-20,38H2,1-5H3,(H,39,41)(H,40,42,43)/t29-,30?,34-,35-,36+,37+/m1/s1. The number of benzene rings is 2. The van der Waals surface area contributed by atoms with Crippen molar-refractivity contribution in [3.05, 3.63) is 58.7 Å². The van der Waals surface area contributed by atoms with Gasteiger partial charge in [-0.05, 0) is 121 Å². The van der Waals surface area contributed by atoms with Crippen molar-refractivity contribution < 1.29 is 14.4 Å². The summed E-state index contributed by atoms with van der Waals surface area (Å²) in [6.45, 7) is 10.7. The molecule has 6 rings (SSSR count). The number of hydrogen-bond acceptors (Lipinski definition) is 4. The molecule has 0 heterocycles. The van der Waals surface area contributed by atoms with Crippen LogP contribution in [0, 0.1) is 22.7 Å². The van der Waals surface area contributed by atoms with Crippen molar-refractivity contribution in [2.45, 2.75) is 116 Å². The summed E-state index contributed by atoms with van der Waals surface area (Å²) in [6.07, 6.45) is 9.59. The maximum atomic E-state index is 14.4. The van der Waals surface area contributed by atoms with Crippen molar-refractivity contribution in [3.8, 4) is 0 Å². The molecule has 230 valence electrons. The fourth-order valence-corrected chi connectivity index (χ4v) is 10.2. The molecule has 1 unspecified atom stereocenters. The van der Waals surface area contributed by atoms with E-state index >= 15 is 0 Å². The lowest BCUT2D eigenvalue weighted by Crippen LogP contribution is -2.60. The van der Waals surface area contributed by atoms with E-state index in [0.717, 1.165) is 75.6 Å². The number of anilines is 2. The third kappa shape index (κ3) is 4.62. The van der Waals surface area contributed by atoms with Crippen molar-refractivity contribution in [1.82, 2.24) is 5.32 Å². The monoisotopic (exact) mass is 583 g/mol. The van der Waals surface area contributed by atoms with Gasteiger partial charge in [0.2, 0.25) is 17.7 Å². The molecule has 0 saturated heterocycles. The molecule has 6 atom stereocenters. The zero-order chi connectivity index (χ0) is 30.8. The van der Waals surface area contributed by atoms with E-state index in [2.05, 4.69) is 62.6 Å². The van der Waals surface area contributed by atoms with E-state index in [9.17, 15) is 14.4 Å². The second-order valence-corrected chi connectivity index (χ2v) is 15.0. The van der Waals surface area contributed by atoms with Crippen LogP contribution in [0.15, 0.2) is 36.4 Å². The molecule has 2 aromatic rings. The number of imide groups is 1. The number of carbonyl (C=O) groups is 3. The van der Waals surface area contributed by atoms with E-state index in [1.165, 1.54) is 22.3 Å². The SMILES string of the molecule is CCC(=O)Nc1ccc2c(c1)[C@@]1(C)CCC[C@](C)(C(=O)NC(=O)[C@@]3(C)CCC[C@]4(C)c5cc(N)ccc5CC[C@@H]34)C1CC2. The lowest BCUT2D eigenvalue weighted by Gasteiger charge is -2.56. The van der Waals surface area contributed by atoms with E-state index in [4.69, 9.17) is 5.73 Å². The average Bonchev–Trinajstić information content (AvgIpc) is 2.97. The van der Waals surface area contributed by atoms with Crippen molar-refractivity contribution >= 4 is 29.1 Å². The molecule has 2 aromatic carbocycles. The van der Waals surface area contributed by atoms with Gasteiger partial charge in [-0.25, -0.2) is 0 Å². The number of nitrogens with one attached hydrogen (secondary N) is 2. The van der Waals surface area contributed by atoms with Crippen molar-refractivity contribution in [2.24, 2.45) is 22.7 Å². The number of aryl methyl sites for hydroxylation is 2. The second-order valence-electron chi connectivity index (χ2n) is 15.0. The molecule has 0 spiro atoms. The topological polar surface area (TPSA) is 101 Å². The van der Waals surface area contributed by atoms with Crippen molar-refractivity contribution in [2.75, 3.05) is 11.1 Å². The van der Waals surface area contributed by atoms with E-state index in [1.807, 2.05) is 19.1 Å². The van der Waals surface area contributed by atoms with Crippen LogP contribution in [-0.2, 0) is 38.1 Å². The van der Waals surface area contributed by atoms with E-state index < -0.39 is 10.8 Å². The van der Waals surface area contributed by atoms with Gasteiger partial charge in [0.25, 0.3) is 0 Å². The normalized spacial score (nSPS) is 34.5. The zero-order valence-electron chi connectivity index (χ0n) is 26.7. The van der Waals surface area contributed by atoms with Gasteiger partial charge in [0.1, 0.15) is 0 Å². The van der Waals surface area contributed by atoms with Gasteiger partial charge in [0.05, 0.1) is 10.8 Å². The van der Waals surface area contributed by atoms with E-state index in [-0.39, 0.29) is 40.4 Å². The van der Waals surface area contributed by atoms with Crippen LogP contribution >= 0.6 is 0 Å². The quantitative estimate of drug-likeness (QED) is 0.267. The molecular weight excluding hydrogens is 534 g/mol. The molecule has 0 aliphatic heterocycles. The van der Waals surface area contributed by atoms with Crippen molar-refractivity contribution in [3.63, 3.8) is 0 Å². The summed E-state index contributed by atoms with van der Waals surface area (Å²) in [4.78, 5) is 40.8. The van der Waals surface area contributed by atoms with E-state index in [0.29, 0.717) is 6.42 Å². The van der Waals surface area contributed by atoms with Gasteiger partial charge in [0, 0.05) is 17.8 Å². The smallest absolute Gasteiger partial charge is 0.232 e. The van der Waals surface area contributed by atoms with Crippen LogP contribution in [0.5, 0.6) is 0 Å². The predicted octanol–water partition coefficient (Wildman–Crippen LogP) is 6.98. The van der Waals surface area contributed by atoms with Gasteiger partial charge in [-0.1, -0.05) is 59.6 Å². The minimum absolute atomic E-state index is 0.000984. The molecule has 4 aliphatic carbocycles. The minimum atomic E-state index is -0.648. The summed E-state index contributed by atoms with van der Waals surface area (Å²) in [6, 6.07) is 12.6. The molecule has 4 N–H and O–H groups in total. The van der Waals surface area contributed by atoms with Gasteiger partial charge < -0.3 is 11.1 Å². The third-order valence-electron chi connectivity index (χ3n) is 12.6. The number of hydrogen-bond donors (Lipinski definition) is 3. The van der Waals surface area contributed by atoms with Gasteiger partial charge in [0.15, 0.2) is 0 Å². The molecule has 4 aliphatic rings. The fourth-order valence-electron chi connectivity index (χ4n) is 10.2. The van der Waals surface area contributed by atoms with Crippen LogP contribution in [0.3, 0.4) is 0 Å². The predicted molar refractivity (Wildman–Crippen MR) is 172 cm³/mol. The maximum absolute atomic E-state index is 14.4. The van der Waals surface area contributed by atoms with Crippen LogP contribution in [-0.4, -0.2) is 17.7 Å². The first-order chi connectivity index (χ1) is 20.3. The van der Waals surface area contributed by atoms with Crippen LogP contribution in [0.1, 0.15) is 115 Å². The zero-order valence-corrected chi connectivity index (χ0v) is 26.7. The molecule has 2 saturated carbocycles. The lowest BCUT2D eigenvalue weighted by atomic mass is 9.49. The number of nitrogens with two attached hydrogens (primary N) is 1. The Morgan fingerprint density at radius 2 is 1.28 bits per heavy atom. The van der Waals surface area contributed by atoms with Crippen LogP contribution in [0.2, 0.25) is 0 Å². The molecule has 2 fully saturated rings. The van der Waals surface area contributed by atoms with E-state index in [1.54, 1.807) is 0 Å². The third-order valence-corrected chi connectivity index (χ3v) is 12.6. The summed E-state index contributed by atoms with van der Waals surface area (Å²) in [7, 11) is 0. The molecule has 3 amide bonds. The highest BCUT2D eigenvalue weighted by Crippen LogP contribution is 2.59. The Kier molecular flexibility index (Phi) is 7.29. The number of amides is 3. The fraction of sp³-hybridized carbons (Fsp3) is 0.595. The second kappa shape index (κ2) is 10.5. The van der Waals surface area contributed by atoms with Gasteiger partial charge in [-0.2, -0.15) is 0 Å². The Bertz CT molecular complexity index is 1480. The van der Waals surface area contributed by atoms with Gasteiger partial charge in [-0.3, -0.25) is 19.7 Å². The largest absolute Gasteiger partial charge is 0.399 e. The first kappa shape index (κ1) is 29.9. The molecule has 0 bridgehead atoms. The Labute approximate surface area is 257 Å². The van der Waals surface area contributed by atoms with Gasteiger partial charge in [-0.15, -0.1) is 0 Å². The van der Waals surface area contributed by atoms with Crippen LogP contribution in [0.25, 0.3) is 0 Å². The Morgan fingerprint density at radius 1 is 0.767 bits per heavy atom. The molecular formula is C37H49N3O3. The molecule has 0 aromatic heterocycles. The summed E-state index contributed by atoms with van der Waals surface area (Å²) >= 11 is 0. The molecule has 43 heavy (non-hydrogen) atoms. The minimum Gasteiger partial charge on any atom is -0.399 e. The first-order valence-corrected chi connectivity index (χ1v) is 16.5. The van der Waals surface area contributed by atoms with Crippen molar-refractivity contribution in [1.29, 1.82) is 0 Å². The summed E-state index contributed by atoms with van der Waals surface area (Å²) in [5, 5.41) is 6.08. The summed E-state index contributed by atoms with van der Waals surface area (Å²) in [5.41, 5.74) is 11.4. The first-order valence-electron chi connectivity index (χ1n) is 16.5. The number of rotatable bonds is 4. The number of carbonyl (C=O) groups excluding carboxylic acids is 3. The lowest BCUT2D eigenvalue weighted by molar-refractivity contribution is -0.150. The number of nitrogen functional groups attached to an aromatic ring is 1. The highest BCUT2D eigenvalue weighted by atomic mass is 16.2. The molecule has 6 nitrogen and oxygen atoms in total. The Hall–Kier alpha value is -3.15. The average molecular weight is 584 g/mol. The van der Waals surface area contributed by atoms with Crippen LogP contribution < -0.4 is 16.4 Å². The highest BCUT2D eigenvalue weighted by molar-refractivity contribution is 6.01. The van der Waals surface area contributed by atoms with Gasteiger partial charge >= 0.3 is 0 Å². The Morgan fingerprint density at radius 3 is 1.81 bits per heavy atom. The summed E-state index contributed by atoms with van der Waals surface area (Å²) < 4.78 is 0. The van der Waals surface area contributed by atoms with Crippen LogP contribution in [0.4, 0.5) is 11.4 Å². The maximum Gasteiger partial charge on any atom is 0.232 e. The number of fused-ring (bicyclic) bond motifs is 6.